The first-order chi connectivity index (χ1) is 10.3. The molecule has 4 heteroatoms. The zero-order chi connectivity index (χ0) is 14.9. The number of rotatable bonds is 8. The maximum absolute atomic E-state index is 11.9. The number of carbonyl (C=O) groups is 1. The minimum Gasteiger partial charge on any atom is -0.378 e. The number of hydrogen-bond acceptors (Lipinski definition) is 3. The van der Waals surface area contributed by atoms with Crippen LogP contribution in [0.5, 0.6) is 0 Å². The van der Waals surface area contributed by atoms with E-state index in [-0.39, 0.29) is 5.91 Å². The van der Waals surface area contributed by atoms with Crippen LogP contribution in [0.3, 0.4) is 0 Å². The minimum absolute atomic E-state index is 0.203. The van der Waals surface area contributed by atoms with Crippen molar-refractivity contribution in [3.05, 3.63) is 0 Å². The maximum Gasteiger partial charge on any atom is 0.220 e. The van der Waals surface area contributed by atoms with Gasteiger partial charge in [0.1, 0.15) is 0 Å². The van der Waals surface area contributed by atoms with E-state index in [2.05, 4.69) is 17.6 Å². The molecule has 0 aromatic rings. The molecule has 0 radical (unpaired) electrons. The lowest BCUT2D eigenvalue weighted by molar-refractivity contribution is -0.122. The van der Waals surface area contributed by atoms with Crippen molar-refractivity contribution in [1.29, 1.82) is 0 Å². The third kappa shape index (κ3) is 6.35. The Labute approximate surface area is 129 Å². The fourth-order valence-electron chi connectivity index (χ4n) is 3.50. The van der Waals surface area contributed by atoms with Crippen molar-refractivity contribution in [1.82, 2.24) is 10.6 Å². The Kier molecular flexibility index (Phi) is 7.51. The van der Waals surface area contributed by atoms with E-state index in [0.717, 1.165) is 32.7 Å². The average molecular weight is 296 g/mol. The largest absolute Gasteiger partial charge is 0.378 e. The van der Waals surface area contributed by atoms with Gasteiger partial charge in [-0.1, -0.05) is 19.8 Å². The Morgan fingerprint density at radius 2 is 2.10 bits per heavy atom. The number of hydrogen-bond donors (Lipinski definition) is 2. The Bertz CT molecular complexity index is 297. The van der Waals surface area contributed by atoms with Crippen molar-refractivity contribution in [2.45, 2.75) is 64.4 Å². The molecule has 0 aromatic heterocycles. The van der Waals surface area contributed by atoms with Crippen molar-refractivity contribution in [2.75, 3.05) is 26.2 Å². The molecule has 0 spiro atoms. The van der Waals surface area contributed by atoms with Crippen LogP contribution in [0.25, 0.3) is 0 Å². The number of amides is 1. The van der Waals surface area contributed by atoms with E-state index in [0.29, 0.717) is 24.4 Å². The molecule has 1 saturated carbocycles. The van der Waals surface area contributed by atoms with Gasteiger partial charge in [-0.25, -0.2) is 0 Å². The van der Waals surface area contributed by atoms with Gasteiger partial charge in [-0.3, -0.25) is 4.79 Å². The monoisotopic (exact) mass is 296 g/mol. The highest BCUT2D eigenvalue weighted by Crippen LogP contribution is 2.22. The van der Waals surface area contributed by atoms with E-state index in [1.54, 1.807) is 0 Å². The molecule has 1 saturated heterocycles. The van der Waals surface area contributed by atoms with Gasteiger partial charge >= 0.3 is 0 Å². The summed E-state index contributed by atoms with van der Waals surface area (Å²) in [6, 6.07) is 0. The van der Waals surface area contributed by atoms with E-state index in [1.807, 2.05) is 0 Å². The highest BCUT2D eigenvalue weighted by atomic mass is 16.5. The van der Waals surface area contributed by atoms with Crippen molar-refractivity contribution in [3.63, 3.8) is 0 Å². The van der Waals surface area contributed by atoms with E-state index < -0.39 is 0 Å². The normalized spacial score (nSPS) is 24.9. The summed E-state index contributed by atoms with van der Waals surface area (Å²) in [4.78, 5) is 11.9. The lowest BCUT2D eigenvalue weighted by Gasteiger charge is -2.28. The SMILES string of the molecule is CC(CC(=O)NCCCOC1CCCC1)C1CCCNC1. The Balaban J connectivity index is 1.48. The summed E-state index contributed by atoms with van der Waals surface area (Å²) in [5.41, 5.74) is 0. The van der Waals surface area contributed by atoms with Gasteiger partial charge in [0.05, 0.1) is 6.10 Å². The number of piperidine rings is 1. The molecule has 2 aliphatic rings. The van der Waals surface area contributed by atoms with Gasteiger partial charge in [0, 0.05) is 19.6 Å². The summed E-state index contributed by atoms with van der Waals surface area (Å²) in [7, 11) is 0. The predicted molar refractivity (Wildman–Crippen MR) is 85.2 cm³/mol. The molecule has 2 unspecified atom stereocenters. The van der Waals surface area contributed by atoms with Crippen LogP contribution in [0.15, 0.2) is 0 Å². The third-order valence-corrected chi connectivity index (χ3v) is 4.95. The van der Waals surface area contributed by atoms with Gasteiger partial charge in [0.2, 0.25) is 5.91 Å². The topological polar surface area (TPSA) is 50.4 Å². The van der Waals surface area contributed by atoms with E-state index in [4.69, 9.17) is 4.74 Å². The van der Waals surface area contributed by atoms with E-state index >= 15 is 0 Å². The summed E-state index contributed by atoms with van der Waals surface area (Å²) < 4.78 is 5.80. The lowest BCUT2D eigenvalue weighted by Crippen LogP contribution is -2.35. The molecule has 1 amide bonds. The second-order valence-corrected chi connectivity index (χ2v) is 6.77. The fraction of sp³-hybridized carbons (Fsp3) is 0.941. The smallest absolute Gasteiger partial charge is 0.220 e. The van der Waals surface area contributed by atoms with Gasteiger partial charge in [0.25, 0.3) is 0 Å². The van der Waals surface area contributed by atoms with Crippen molar-refractivity contribution < 1.29 is 9.53 Å². The Hall–Kier alpha value is -0.610. The Morgan fingerprint density at radius 1 is 1.29 bits per heavy atom. The standard InChI is InChI=1S/C17H32N2O2/c1-14(15-6-4-9-18-13-15)12-17(20)19-10-5-11-21-16-7-2-3-8-16/h14-16,18H,2-13H2,1H3,(H,19,20). The first-order valence-corrected chi connectivity index (χ1v) is 8.84. The number of nitrogens with one attached hydrogen (secondary N) is 2. The summed E-state index contributed by atoms with van der Waals surface area (Å²) in [5.74, 6) is 1.34. The minimum atomic E-state index is 0.203. The van der Waals surface area contributed by atoms with Gasteiger partial charge in [-0.05, 0) is 57.0 Å². The summed E-state index contributed by atoms with van der Waals surface area (Å²) in [6.07, 6.45) is 9.66. The second kappa shape index (κ2) is 9.42. The molecule has 2 N–H and O–H groups in total. The zero-order valence-corrected chi connectivity index (χ0v) is 13.5. The maximum atomic E-state index is 11.9. The first-order valence-electron chi connectivity index (χ1n) is 8.84. The van der Waals surface area contributed by atoms with Gasteiger partial charge in [-0.15, -0.1) is 0 Å². The van der Waals surface area contributed by atoms with Gasteiger partial charge in [0.15, 0.2) is 0 Å². The van der Waals surface area contributed by atoms with Crippen LogP contribution in [0.1, 0.15) is 58.3 Å². The zero-order valence-electron chi connectivity index (χ0n) is 13.5. The van der Waals surface area contributed by atoms with Crippen LogP contribution < -0.4 is 10.6 Å². The van der Waals surface area contributed by atoms with Gasteiger partial charge < -0.3 is 15.4 Å². The molecule has 1 heterocycles. The van der Waals surface area contributed by atoms with Crippen LogP contribution in [0.4, 0.5) is 0 Å². The van der Waals surface area contributed by atoms with Crippen LogP contribution in [-0.2, 0) is 9.53 Å². The average Bonchev–Trinajstić information content (AvgIpc) is 3.01. The Morgan fingerprint density at radius 3 is 2.81 bits per heavy atom. The molecular weight excluding hydrogens is 264 g/mol. The van der Waals surface area contributed by atoms with E-state index in [9.17, 15) is 4.79 Å². The lowest BCUT2D eigenvalue weighted by atomic mass is 9.85. The summed E-state index contributed by atoms with van der Waals surface area (Å²) >= 11 is 0. The van der Waals surface area contributed by atoms with Crippen LogP contribution in [-0.4, -0.2) is 38.3 Å². The van der Waals surface area contributed by atoms with Crippen LogP contribution >= 0.6 is 0 Å². The number of carbonyl (C=O) groups excluding carboxylic acids is 1. The number of ether oxygens (including phenoxy) is 1. The molecule has 2 rings (SSSR count). The molecule has 1 aliphatic heterocycles. The van der Waals surface area contributed by atoms with Crippen molar-refractivity contribution >= 4 is 5.91 Å². The van der Waals surface area contributed by atoms with Crippen LogP contribution in [0, 0.1) is 11.8 Å². The highest BCUT2D eigenvalue weighted by Gasteiger charge is 2.21. The quantitative estimate of drug-likeness (QED) is 0.677. The molecule has 2 fully saturated rings. The first kappa shape index (κ1) is 16.8. The molecular formula is C17H32N2O2. The molecule has 4 nitrogen and oxygen atoms in total. The predicted octanol–water partition coefficient (Wildman–Crippen LogP) is 2.48. The summed E-state index contributed by atoms with van der Waals surface area (Å²) in [6.45, 7) is 5.95. The van der Waals surface area contributed by atoms with Gasteiger partial charge in [-0.2, -0.15) is 0 Å². The fourth-order valence-corrected chi connectivity index (χ4v) is 3.50. The van der Waals surface area contributed by atoms with Crippen LogP contribution in [0.2, 0.25) is 0 Å². The third-order valence-electron chi connectivity index (χ3n) is 4.95. The highest BCUT2D eigenvalue weighted by molar-refractivity contribution is 5.76. The molecule has 122 valence electrons. The second-order valence-electron chi connectivity index (χ2n) is 6.77. The molecule has 0 bridgehead atoms. The van der Waals surface area contributed by atoms with Crippen molar-refractivity contribution in [3.8, 4) is 0 Å². The molecule has 2 atom stereocenters. The molecule has 1 aliphatic carbocycles. The van der Waals surface area contributed by atoms with E-state index in [1.165, 1.54) is 38.5 Å². The molecule has 21 heavy (non-hydrogen) atoms. The summed E-state index contributed by atoms with van der Waals surface area (Å²) in [5, 5.41) is 6.47. The molecule has 0 aromatic carbocycles. The van der Waals surface area contributed by atoms with Crippen molar-refractivity contribution in [2.24, 2.45) is 11.8 Å².